The predicted molar refractivity (Wildman–Crippen MR) is 87.1 cm³/mol. The zero-order valence-corrected chi connectivity index (χ0v) is 14.3. The van der Waals surface area contributed by atoms with Crippen molar-refractivity contribution in [2.24, 2.45) is 5.41 Å². The minimum atomic E-state index is -2.77. The monoisotopic (exact) mass is 345 g/mol. The van der Waals surface area contributed by atoms with Crippen LogP contribution in [0.15, 0.2) is 0 Å². The Morgan fingerprint density at radius 3 is 2.54 bits per heavy atom. The van der Waals surface area contributed by atoms with Crippen LogP contribution in [0.5, 0.6) is 0 Å². The molecule has 24 heavy (non-hydrogen) atoms. The Morgan fingerprint density at radius 2 is 1.92 bits per heavy atom. The van der Waals surface area contributed by atoms with E-state index in [1.807, 2.05) is 0 Å². The number of ether oxygens (including phenoxy) is 1. The summed E-state index contributed by atoms with van der Waals surface area (Å²) in [7, 11) is 0. The van der Waals surface area contributed by atoms with Crippen molar-refractivity contribution in [3.8, 4) is 0 Å². The smallest absolute Gasteiger partial charge is 0.262 e. The van der Waals surface area contributed by atoms with Gasteiger partial charge in [-0.2, -0.15) is 0 Å². The van der Waals surface area contributed by atoms with Crippen molar-refractivity contribution in [1.82, 2.24) is 15.5 Å². The van der Waals surface area contributed by atoms with Crippen molar-refractivity contribution >= 4 is 5.91 Å². The molecular weight excluding hydrogens is 316 g/mol. The number of hydrogen-bond donors (Lipinski definition) is 2. The van der Waals surface area contributed by atoms with Gasteiger partial charge in [0, 0.05) is 38.0 Å². The van der Waals surface area contributed by atoms with E-state index in [-0.39, 0.29) is 11.3 Å². The number of hydrogen-bond acceptors (Lipinski definition) is 4. The standard InChI is InChI=1S/C17H29F2N3O2/c18-17(19)10-14(20-12-17)15(23)21-11-16(4-2-1-3-5-16)13-22-6-8-24-9-7-22/h14,20H,1-13H2,(H,21,23). The van der Waals surface area contributed by atoms with Gasteiger partial charge in [-0.15, -0.1) is 0 Å². The maximum absolute atomic E-state index is 13.3. The topological polar surface area (TPSA) is 53.6 Å². The van der Waals surface area contributed by atoms with Crippen LogP contribution in [0.2, 0.25) is 0 Å². The van der Waals surface area contributed by atoms with Gasteiger partial charge in [0.2, 0.25) is 5.91 Å². The lowest BCUT2D eigenvalue weighted by molar-refractivity contribution is -0.124. The second-order valence-corrected chi connectivity index (χ2v) is 7.66. The molecule has 3 rings (SSSR count). The average molecular weight is 345 g/mol. The largest absolute Gasteiger partial charge is 0.379 e. The molecule has 1 unspecified atom stereocenters. The molecule has 0 aromatic carbocycles. The second-order valence-electron chi connectivity index (χ2n) is 7.66. The van der Waals surface area contributed by atoms with E-state index in [0.29, 0.717) is 6.54 Å². The molecule has 3 aliphatic rings. The van der Waals surface area contributed by atoms with E-state index in [1.165, 1.54) is 19.3 Å². The van der Waals surface area contributed by atoms with Crippen molar-refractivity contribution in [3.05, 3.63) is 0 Å². The lowest BCUT2D eigenvalue weighted by Gasteiger charge is -2.42. The number of nitrogens with one attached hydrogen (secondary N) is 2. The Labute approximate surface area is 142 Å². The molecular formula is C17H29F2N3O2. The molecule has 1 aliphatic carbocycles. The molecule has 1 amide bonds. The van der Waals surface area contributed by atoms with E-state index in [0.717, 1.165) is 45.7 Å². The summed E-state index contributed by atoms with van der Waals surface area (Å²) in [4.78, 5) is 14.7. The summed E-state index contributed by atoms with van der Waals surface area (Å²) >= 11 is 0. The Bertz CT molecular complexity index is 436. The van der Waals surface area contributed by atoms with Crippen LogP contribution in [0.25, 0.3) is 0 Å². The third-order valence-electron chi connectivity index (χ3n) is 5.64. The number of amides is 1. The van der Waals surface area contributed by atoms with Gasteiger partial charge in [-0.1, -0.05) is 19.3 Å². The van der Waals surface area contributed by atoms with Crippen molar-refractivity contribution in [3.63, 3.8) is 0 Å². The first-order valence-electron chi connectivity index (χ1n) is 9.17. The van der Waals surface area contributed by atoms with Crippen LogP contribution in [0, 0.1) is 5.41 Å². The molecule has 2 saturated heterocycles. The van der Waals surface area contributed by atoms with Crippen LogP contribution in [0.3, 0.4) is 0 Å². The molecule has 138 valence electrons. The first-order chi connectivity index (χ1) is 11.5. The van der Waals surface area contributed by atoms with Crippen LogP contribution >= 0.6 is 0 Å². The molecule has 0 radical (unpaired) electrons. The van der Waals surface area contributed by atoms with Gasteiger partial charge in [0.15, 0.2) is 0 Å². The van der Waals surface area contributed by atoms with E-state index in [9.17, 15) is 13.6 Å². The lowest BCUT2D eigenvalue weighted by atomic mass is 9.73. The van der Waals surface area contributed by atoms with Crippen molar-refractivity contribution in [2.75, 3.05) is 45.9 Å². The van der Waals surface area contributed by atoms with E-state index in [4.69, 9.17) is 4.74 Å². The maximum Gasteiger partial charge on any atom is 0.262 e. The molecule has 2 aliphatic heterocycles. The third-order valence-corrected chi connectivity index (χ3v) is 5.64. The second kappa shape index (κ2) is 7.62. The van der Waals surface area contributed by atoms with Crippen molar-refractivity contribution < 1.29 is 18.3 Å². The minimum absolute atomic E-state index is 0.0758. The van der Waals surface area contributed by atoms with Gasteiger partial charge in [-0.25, -0.2) is 8.78 Å². The number of rotatable bonds is 5. The molecule has 0 aromatic heterocycles. The summed E-state index contributed by atoms with van der Waals surface area (Å²) in [6.45, 7) is 4.56. The van der Waals surface area contributed by atoms with E-state index in [1.54, 1.807) is 0 Å². The number of carbonyl (C=O) groups is 1. The number of morpholine rings is 1. The van der Waals surface area contributed by atoms with Gasteiger partial charge in [0.25, 0.3) is 5.92 Å². The molecule has 3 fully saturated rings. The van der Waals surface area contributed by atoms with Crippen LogP contribution < -0.4 is 10.6 Å². The van der Waals surface area contributed by atoms with Crippen molar-refractivity contribution in [2.45, 2.75) is 50.5 Å². The van der Waals surface area contributed by atoms with Gasteiger partial charge in [0.1, 0.15) is 0 Å². The summed E-state index contributed by atoms with van der Waals surface area (Å²) in [5, 5.41) is 5.61. The van der Waals surface area contributed by atoms with Gasteiger partial charge in [-0.05, 0) is 12.8 Å². The summed E-state index contributed by atoms with van der Waals surface area (Å²) in [6.07, 6.45) is 5.40. The molecule has 2 N–H and O–H groups in total. The van der Waals surface area contributed by atoms with Gasteiger partial charge < -0.3 is 10.1 Å². The average Bonchev–Trinajstić information content (AvgIpc) is 2.95. The fourth-order valence-electron chi connectivity index (χ4n) is 4.22. The number of alkyl halides is 2. The van der Waals surface area contributed by atoms with Gasteiger partial charge in [-0.3, -0.25) is 15.0 Å². The Morgan fingerprint density at radius 1 is 1.21 bits per heavy atom. The van der Waals surface area contributed by atoms with Crippen LogP contribution in [-0.2, 0) is 9.53 Å². The molecule has 7 heteroatoms. The Kier molecular flexibility index (Phi) is 5.72. The summed E-state index contributed by atoms with van der Waals surface area (Å²) in [5.74, 6) is -3.04. The summed E-state index contributed by atoms with van der Waals surface area (Å²) in [5.41, 5.74) is 0.0758. The quantitative estimate of drug-likeness (QED) is 0.791. The van der Waals surface area contributed by atoms with Crippen LogP contribution in [0.4, 0.5) is 8.78 Å². The zero-order valence-electron chi connectivity index (χ0n) is 14.3. The highest BCUT2D eigenvalue weighted by Crippen LogP contribution is 2.37. The zero-order chi connectivity index (χ0) is 17.0. The fourth-order valence-corrected chi connectivity index (χ4v) is 4.22. The first-order valence-corrected chi connectivity index (χ1v) is 9.17. The van der Waals surface area contributed by atoms with Crippen molar-refractivity contribution in [1.29, 1.82) is 0 Å². The summed E-state index contributed by atoms with van der Waals surface area (Å²) in [6, 6.07) is -0.760. The fraction of sp³-hybridized carbons (Fsp3) is 0.941. The number of nitrogens with zero attached hydrogens (tertiary/aromatic N) is 1. The molecule has 2 heterocycles. The number of halogens is 2. The molecule has 5 nitrogen and oxygen atoms in total. The summed E-state index contributed by atoms with van der Waals surface area (Å²) < 4.78 is 32.0. The third kappa shape index (κ3) is 4.64. The highest BCUT2D eigenvalue weighted by molar-refractivity contribution is 5.82. The maximum atomic E-state index is 13.3. The van der Waals surface area contributed by atoms with E-state index < -0.39 is 24.9 Å². The van der Waals surface area contributed by atoms with Crippen LogP contribution in [-0.4, -0.2) is 68.7 Å². The molecule has 0 bridgehead atoms. The molecule has 1 saturated carbocycles. The first kappa shape index (κ1) is 18.0. The Hall–Kier alpha value is -0.790. The normalized spacial score (nSPS) is 30.2. The van der Waals surface area contributed by atoms with Crippen LogP contribution in [0.1, 0.15) is 38.5 Å². The lowest BCUT2D eigenvalue weighted by Crippen LogP contribution is -2.51. The minimum Gasteiger partial charge on any atom is -0.379 e. The SMILES string of the molecule is O=C(NCC1(CN2CCOCC2)CCCCC1)C1CC(F)(F)CN1. The highest BCUT2D eigenvalue weighted by atomic mass is 19.3. The molecule has 0 aromatic rings. The highest BCUT2D eigenvalue weighted by Gasteiger charge is 2.43. The van der Waals surface area contributed by atoms with Gasteiger partial charge in [0.05, 0.1) is 25.8 Å². The van der Waals surface area contributed by atoms with E-state index in [2.05, 4.69) is 15.5 Å². The Balaban J connectivity index is 1.54. The van der Waals surface area contributed by atoms with E-state index >= 15 is 0 Å². The molecule has 1 atom stereocenters. The predicted octanol–water partition coefficient (Wildman–Crippen LogP) is 1.38. The number of carbonyl (C=O) groups excluding carboxylic acids is 1. The molecule has 0 spiro atoms. The van der Waals surface area contributed by atoms with Gasteiger partial charge >= 0.3 is 0 Å².